The lowest BCUT2D eigenvalue weighted by atomic mass is 9.92. The van der Waals surface area contributed by atoms with Gasteiger partial charge in [-0.25, -0.2) is 4.98 Å². The Bertz CT molecular complexity index is 644. The number of thiophene rings is 1. The van der Waals surface area contributed by atoms with Crippen molar-refractivity contribution < 1.29 is 9.90 Å². The van der Waals surface area contributed by atoms with Crippen molar-refractivity contribution in [3.63, 3.8) is 0 Å². The second kappa shape index (κ2) is 6.54. The lowest BCUT2D eigenvalue weighted by Crippen LogP contribution is -2.18. The van der Waals surface area contributed by atoms with Crippen LogP contribution in [0.4, 0.5) is 0 Å². The summed E-state index contributed by atoms with van der Waals surface area (Å²) in [4.78, 5) is 16.4. The molecule has 2 aromatic heterocycles. The number of thioether (sulfide) groups is 1. The highest BCUT2D eigenvalue weighted by Gasteiger charge is 2.23. The van der Waals surface area contributed by atoms with Crippen molar-refractivity contribution in [3.05, 3.63) is 32.7 Å². The Labute approximate surface area is 140 Å². The molecule has 2 aromatic rings. The average molecular weight is 389 g/mol. The van der Waals surface area contributed by atoms with Crippen molar-refractivity contribution >= 4 is 45.0 Å². The van der Waals surface area contributed by atoms with Crippen molar-refractivity contribution in [3.8, 4) is 0 Å². The maximum Gasteiger partial charge on any atom is 0.313 e. The standard InChI is InChI=1S/C14H17BrN2O2S2/c1-14(2,3)11-6-16-13(21-8-12(18)19)17(11)7-10-9(15)4-5-20-10/h4-6H,7-8H2,1-3H3,(H,18,19). The molecule has 0 aliphatic rings. The molecule has 114 valence electrons. The van der Waals surface area contributed by atoms with Crippen molar-refractivity contribution in [1.82, 2.24) is 9.55 Å². The molecule has 0 saturated heterocycles. The van der Waals surface area contributed by atoms with Crippen molar-refractivity contribution in [1.29, 1.82) is 0 Å². The number of carboxylic acid groups (broad SMARTS) is 1. The van der Waals surface area contributed by atoms with Crippen LogP contribution in [0.5, 0.6) is 0 Å². The summed E-state index contributed by atoms with van der Waals surface area (Å²) < 4.78 is 3.19. The molecule has 0 atom stereocenters. The van der Waals surface area contributed by atoms with Crippen LogP contribution in [0.15, 0.2) is 27.3 Å². The molecular formula is C14H17BrN2O2S2. The van der Waals surface area contributed by atoms with Gasteiger partial charge in [-0.15, -0.1) is 11.3 Å². The average Bonchev–Trinajstić information content (AvgIpc) is 2.94. The van der Waals surface area contributed by atoms with Crippen LogP contribution < -0.4 is 0 Å². The van der Waals surface area contributed by atoms with Gasteiger partial charge in [0, 0.05) is 26.7 Å². The molecule has 0 aliphatic carbocycles. The summed E-state index contributed by atoms with van der Waals surface area (Å²) in [5.74, 6) is -0.809. The fourth-order valence-corrected chi connectivity index (χ4v) is 4.10. The van der Waals surface area contributed by atoms with Gasteiger partial charge in [0.15, 0.2) is 5.16 Å². The van der Waals surface area contributed by atoms with E-state index in [0.717, 1.165) is 15.3 Å². The van der Waals surface area contributed by atoms with Crippen LogP contribution >= 0.6 is 39.0 Å². The molecule has 2 rings (SSSR count). The van der Waals surface area contributed by atoms with Crippen LogP contribution in [-0.2, 0) is 16.8 Å². The highest BCUT2D eigenvalue weighted by Crippen LogP contribution is 2.31. The summed E-state index contributed by atoms with van der Waals surface area (Å²) in [5, 5.41) is 11.7. The zero-order chi connectivity index (χ0) is 15.6. The monoisotopic (exact) mass is 388 g/mol. The van der Waals surface area contributed by atoms with Gasteiger partial charge in [0.05, 0.1) is 12.3 Å². The van der Waals surface area contributed by atoms with Crippen LogP contribution in [0.1, 0.15) is 31.3 Å². The first-order valence-corrected chi connectivity index (χ1v) is 9.07. The number of imidazole rings is 1. The highest BCUT2D eigenvalue weighted by atomic mass is 79.9. The summed E-state index contributed by atoms with van der Waals surface area (Å²) in [5.41, 5.74) is 1.06. The third-order valence-corrected chi connectivity index (χ3v) is 5.79. The Morgan fingerprint density at radius 2 is 2.24 bits per heavy atom. The first kappa shape index (κ1) is 16.6. The predicted molar refractivity (Wildman–Crippen MR) is 90.4 cm³/mol. The lowest BCUT2D eigenvalue weighted by molar-refractivity contribution is -0.133. The number of aromatic nitrogens is 2. The van der Waals surface area contributed by atoms with Gasteiger partial charge in [0.2, 0.25) is 0 Å². The minimum absolute atomic E-state index is 0.0200. The molecule has 7 heteroatoms. The third-order valence-electron chi connectivity index (χ3n) is 2.90. The van der Waals surface area contributed by atoms with E-state index in [9.17, 15) is 4.79 Å². The van der Waals surface area contributed by atoms with Gasteiger partial charge in [-0.2, -0.15) is 0 Å². The van der Waals surface area contributed by atoms with Crippen LogP contribution in [0.2, 0.25) is 0 Å². The summed E-state index contributed by atoms with van der Waals surface area (Å²) in [6.07, 6.45) is 1.85. The Morgan fingerprint density at radius 1 is 1.52 bits per heavy atom. The normalized spacial score (nSPS) is 11.8. The molecule has 2 heterocycles. The molecule has 0 fully saturated rings. The molecule has 21 heavy (non-hydrogen) atoms. The first-order valence-electron chi connectivity index (χ1n) is 6.41. The maximum atomic E-state index is 10.8. The number of hydrogen-bond acceptors (Lipinski definition) is 4. The van der Waals surface area contributed by atoms with Crippen molar-refractivity contribution in [2.45, 2.75) is 37.9 Å². The largest absolute Gasteiger partial charge is 0.481 e. The molecule has 0 amide bonds. The first-order chi connectivity index (χ1) is 9.79. The molecular weight excluding hydrogens is 372 g/mol. The Hall–Kier alpha value is -0.790. The molecule has 0 aliphatic heterocycles. The minimum Gasteiger partial charge on any atom is -0.481 e. The summed E-state index contributed by atoms with van der Waals surface area (Å²) in [6.45, 7) is 7.10. The fraction of sp³-hybridized carbons (Fsp3) is 0.429. The minimum atomic E-state index is -0.829. The maximum absolute atomic E-state index is 10.8. The summed E-state index contributed by atoms with van der Waals surface area (Å²) in [7, 11) is 0. The van der Waals surface area contributed by atoms with E-state index in [1.54, 1.807) is 11.3 Å². The molecule has 0 unspecified atom stereocenters. The van der Waals surface area contributed by atoms with Gasteiger partial charge in [0.25, 0.3) is 0 Å². The van der Waals surface area contributed by atoms with E-state index in [1.165, 1.54) is 16.6 Å². The van der Waals surface area contributed by atoms with Gasteiger partial charge in [-0.3, -0.25) is 4.79 Å². The second-order valence-electron chi connectivity index (χ2n) is 5.64. The number of rotatable bonds is 5. The summed E-state index contributed by atoms with van der Waals surface area (Å²) >= 11 is 6.49. The van der Waals surface area contributed by atoms with E-state index in [4.69, 9.17) is 5.11 Å². The lowest BCUT2D eigenvalue weighted by Gasteiger charge is -2.21. The number of aliphatic carboxylic acids is 1. The van der Waals surface area contributed by atoms with Crippen LogP contribution in [0, 0.1) is 0 Å². The van der Waals surface area contributed by atoms with E-state index in [1.807, 2.05) is 17.6 Å². The van der Waals surface area contributed by atoms with Crippen LogP contribution in [0.3, 0.4) is 0 Å². The van der Waals surface area contributed by atoms with Crippen LogP contribution in [0.25, 0.3) is 0 Å². The second-order valence-corrected chi connectivity index (χ2v) is 8.43. The van der Waals surface area contributed by atoms with Crippen molar-refractivity contribution in [2.24, 2.45) is 0 Å². The van der Waals surface area contributed by atoms with Gasteiger partial charge in [-0.05, 0) is 27.4 Å². The quantitative estimate of drug-likeness (QED) is 0.778. The Balaban J connectivity index is 2.36. The van der Waals surface area contributed by atoms with E-state index in [-0.39, 0.29) is 11.2 Å². The SMILES string of the molecule is CC(C)(C)c1cnc(SCC(=O)O)n1Cc1sccc1Br. The van der Waals surface area contributed by atoms with Crippen molar-refractivity contribution in [2.75, 3.05) is 5.75 Å². The van der Waals surface area contributed by atoms with E-state index in [0.29, 0.717) is 6.54 Å². The van der Waals surface area contributed by atoms with Gasteiger partial charge in [-0.1, -0.05) is 32.5 Å². The number of carboxylic acids is 1. The Kier molecular flexibility index (Phi) is 5.16. The smallest absolute Gasteiger partial charge is 0.313 e. The molecule has 0 spiro atoms. The van der Waals surface area contributed by atoms with E-state index < -0.39 is 5.97 Å². The van der Waals surface area contributed by atoms with Crippen LogP contribution in [-0.4, -0.2) is 26.4 Å². The van der Waals surface area contributed by atoms with Gasteiger partial charge >= 0.3 is 5.97 Å². The molecule has 1 N–H and O–H groups in total. The molecule has 0 bridgehead atoms. The third kappa shape index (κ3) is 4.11. The van der Waals surface area contributed by atoms with E-state index >= 15 is 0 Å². The number of nitrogens with zero attached hydrogens (tertiary/aromatic N) is 2. The van der Waals surface area contributed by atoms with E-state index in [2.05, 4.69) is 46.3 Å². The zero-order valence-corrected chi connectivity index (χ0v) is 15.3. The molecule has 0 radical (unpaired) electrons. The fourth-order valence-electron chi connectivity index (χ4n) is 1.93. The topological polar surface area (TPSA) is 55.1 Å². The predicted octanol–water partition coefficient (Wildman–Crippen LogP) is 4.23. The number of halogens is 1. The summed E-state index contributed by atoms with van der Waals surface area (Å²) in [6, 6.07) is 2.03. The molecule has 4 nitrogen and oxygen atoms in total. The molecule has 0 aromatic carbocycles. The Morgan fingerprint density at radius 3 is 2.76 bits per heavy atom. The van der Waals surface area contributed by atoms with Gasteiger partial charge < -0.3 is 9.67 Å². The zero-order valence-electron chi connectivity index (χ0n) is 12.1. The highest BCUT2D eigenvalue weighted by molar-refractivity contribution is 9.10. The molecule has 0 saturated carbocycles. The number of carbonyl (C=O) groups is 1. The number of hydrogen-bond donors (Lipinski definition) is 1. The van der Waals surface area contributed by atoms with Gasteiger partial charge in [0.1, 0.15) is 0 Å².